The van der Waals surface area contributed by atoms with E-state index in [1.165, 1.54) is 23.5 Å². The quantitative estimate of drug-likeness (QED) is 0.299. The highest BCUT2D eigenvalue weighted by molar-refractivity contribution is 7.91. The van der Waals surface area contributed by atoms with E-state index < -0.39 is 21.8 Å². The number of thiazole rings is 1. The molecule has 0 radical (unpaired) electrons. The Labute approximate surface area is 213 Å². The van der Waals surface area contributed by atoms with Crippen LogP contribution >= 0.6 is 11.3 Å². The molecule has 0 saturated carbocycles. The first-order valence-corrected chi connectivity index (χ1v) is 13.7. The number of amides is 1. The number of hydrogen-bond donors (Lipinski definition) is 3. The van der Waals surface area contributed by atoms with Crippen molar-refractivity contribution in [1.82, 2.24) is 4.98 Å². The van der Waals surface area contributed by atoms with E-state index in [0.717, 1.165) is 10.3 Å². The highest BCUT2D eigenvalue weighted by Crippen LogP contribution is 2.31. The van der Waals surface area contributed by atoms with Crippen LogP contribution in [0.25, 0.3) is 10.2 Å². The molecule has 1 amide bonds. The number of aromatic nitrogens is 1. The second kappa shape index (κ2) is 10.8. The van der Waals surface area contributed by atoms with Gasteiger partial charge in [0.1, 0.15) is 5.75 Å². The summed E-state index contributed by atoms with van der Waals surface area (Å²) in [5.74, 6) is -0.0232. The fourth-order valence-electron chi connectivity index (χ4n) is 3.62. The third-order valence-corrected chi connectivity index (χ3v) is 8.40. The van der Waals surface area contributed by atoms with Gasteiger partial charge in [0, 0.05) is 5.56 Å². The summed E-state index contributed by atoms with van der Waals surface area (Å²) in [6.45, 7) is 3.06. The minimum absolute atomic E-state index is 0.0241. The molecule has 4 rings (SSSR count). The maximum Gasteiger partial charge on any atom is 0.271 e. The lowest BCUT2D eigenvalue weighted by molar-refractivity contribution is -0.123. The third-order valence-electron chi connectivity index (χ3n) is 5.72. The van der Waals surface area contributed by atoms with E-state index in [2.05, 4.69) is 10.3 Å². The highest BCUT2D eigenvalue weighted by atomic mass is 32.2. The molecule has 1 aromatic heterocycles. The van der Waals surface area contributed by atoms with Crippen LogP contribution in [-0.4, -0.2) is 35.3 Å². The minimum atomic E-state index is -3.38. The number of anilines is 1. The van der Waals surface area contributed by atoms with Crippen molar-refractivity contribution in [3.05, 3.63) is 82.9 Å². The van der Waals surface area contributed by atoms with Crippen molar-refractivity contribution in [3.63, 3.8) is 0 Å². The van der Waals surface area contributed by atoms with Crippen LogP contribution in [0, 0.1) is 6.92 Å². The van der Waals surface area contributed by atoms with E-state index in [4.69, 9.17) is 4.74 Å². The molecular weight excluding hydrogens is 500 g/mol. The molecule has 0 aliphatic carbocycles. The van der Waals surface area contributed by atoms with Crippen LogP contribution in [-0.2, 0) is 27.8 Å². The first-order chi connectivity index (χ1) is 17.2. The van der Waals surface area contributed by atoms with Gasteiger partial charge in [-0.2, -0.15) is 0 Å². The molecule has 4 aromatic rings. The van der Waals surface area contributed by atoms with Crippen molar-refractivity contribution in [2.75, 3.05) is 11.1 Å². The molecular formula is C26H26N2O6S2. The number of aliphatic hydroxyl groups is 2. The molecule has 0 fully saturated rings. The Balaban J connectivity index is 1.65. The van der Waals surface area contributed by atoms with Crippen LogP contribution in [0.2, 0.25) is 0 Å². The number of aliphatic hydroxyl groups excluding tert-OH is 2. The predicted molar refractivity (Wildman–Crippen MR) is 139 cm³/mol. The Kier molecular flexibility index (Phi) is 7.70. The van der Waals surface area contributed by atoms with E-state index in [9.17, 15) is 23.4 Å². The summed E-state index contributed by atoms with van der Waals surface area (Å²) in [6, 6.07) is 16.8. The summed E-state index contributed by atoms with van der Waals surface area (Å²) in [5.41, 5.74) is 3.26. The molecule has 1 unspecified atom stereocenters. The standard InChI is InChI=1S/C26H26N2O6S2/c1-3-36(32,33)21-10-6-17(7-11-21)24(34-20-8-4-16(2)5-9-20)25(31)28-26-27-22-12-18(14-29)19(15-30)13-23(22)35-26/h4-13,24,29-30H,3,14-15H2,1-2H3,(H,27,28,31). The predicted octanol–water partition coefficient (Wildman–Crippen LogP) is 4.14. The average molecular weight is 527 g/mol. The Morgan fingerprint density at radius 3 is 2.28 bits per heavy atom. The van der Waals surface area contributed by atoms with Crippen LogP contribution in [0.1, 0.15) is 35.3 Å². The molecule has 3 aromatic carbocycles. The van der Waals surface area contributed by atoms with Gasteiger partial charge in [0.25, 0.3) is 5.91 Å². The molecule has 0 aliphatic heterocycles. The van der Waals surface area contributed by atoms with Crippen LogP contribution in [0.3, 0.4) is 0 Å². The zero-order chi connectivity index (χ0) is 25.9. The van der Waals surface area contributed by atoms with Crippen molar-refractivity contribution in [1.29, 1.82) is 0 Å². The summed E-state index contributed by atoms with van der Waals surface area (Å²) in [6.07, 6.45) is -1.07. The number of nitrogens with one attached hydrogen (secondary N) is 1. The fourth-order valence-corrected chi connectivity index (χ4v) is 5.42. The van der Waals surface area contributed by atoms with E-state index in [0.29, 0.717) is 33.1 Å². The second-order valence-electron chi connectivity index (χ2n) is 8.20. The van der Waals surface area contributed by atoms with Gasteiger partial charge >= 0.3 is 0 Å². The summed E-state index contributed by atoms with van der Waals surface area (Å²) in [7, 11) is -3.38. The largest absolute Gasteiger partial charge is 0.476 e. The van der Waals surface area contributed by atoms with Gasteiger partial charge in [-0.3, -0.25) is 10.1 Å². The number of carbonyl (C=O) groups is 1. The number of carbonyl (C=O) groups excluding carboxylic acids is 1. The van der Waals surface area contributed by atoms with Gasteiger partial charge in [0.05, 0.1) is 34.1 Å². The number of aryl methyl sites for hydroxylation is 1. The van der Waals surface area contributed by atoms with Gasteiger partial charge in [0.15, 0.2) is 15.0 Å². The van der Waals surface area contributed by atoms with Gasteiger partial charge < -0.3 is 14.9 Å². The SMILES string of the molecule is CCS(=O)(=O)c1ccc(C(Oc2ccc(C)cc2)C(=O)Nc2nc3cc(CO)c(CO)cc3s2)cc1. The van der Waals surface area contributed by atoms with Crippen LogP contribution < -0.4 is 10.1 Å². The highest BCUT2D eigenvalue weighted by Gasteiger charge is 2.25. The molecule has 10 heteroatoms. The van der Waals surface area contributed by atoms with E-state index >= 15 is 0 Å². The number of nitrogens with zero attached hydrogens (tertiary/aromatic N) is 1. The summed E-state index contributed by atoms with van der Waals surface area (Å²) >= 11 is 1.23. The number of fused-ring (bicyclic) bond motifs is 1. The Hall–Kier alpha value is -3.31. The number of hydrogen-bond acceptors (Lipinski definition) is 8. The van der Waals surface area contributed by atoms with Crippen LogP contribution in [0.15, 0.2) is 65.6 Å². The van der Waals surface area contributed by atoms with Gasteiger partial charge in [-0.25, -0.2) is 13.4 Å². The number of sulfone groups is 1. The Morgan fingerprint density at radius 2 is 1.67 bits per heavy atom. The van der Waals surface area contributed by atoms with Crippen molar-refractivity contribution >= 4 is 42.4 Å². The maximum atomic E-state index is 13.4. The van der Waals surface area contributed by atoms with E-state index in [-0.39, 0.29) is 23.9 Å². The smallest absolute Gasteiger partial charge is 0.271 e. The van der Waals surface area contributed by atoms with Gasteiger partial charge in [0.2, 0.25) is 6.10 Å². The molecule has 188 valence electrons. The summed E-state index contributed by atoms with van der Waals surface area (Å²) in [4.78, 5) is 18.0. The van der Waals surface area contributed by atoms with Crippen LogP contribution in [0.5, 0.6) is 5.75 Å². The van der Waals surface area contributed by atoms with Crippen molar-refractivity contribution < 1.29 is 28.2 Å². The third kappa shape index (κ3) is 5.57. The lowest BCUT2D eigenvalue weighted by Crippen LogP contribution is -2.25. The fraction of sp³-hybridized carbons (Fsp3) is 0.231. The first-order valence-electron chi connectivity index (χ1n) is 11.2. The average Bonchev–Trinajstić information content (AvgIpc) is 3.28. The van der Waals surface area contributed by atoms with Crippen LogP contribution in [0.4, 0.5) is 5.13 Å². The number of rotatable bonds is 9. The molecule has 0 bridgehead atoms. The zero-order valence-corrected chi connectivity index (χ0v) is 21.4. The second-order valence-corrected chi connectivity index (χ2v) is 11.5. The number of benzene rings is 3. The van der Waals surface area contributed by atoms with E-state index in [1.54, 1.807) is 43.3 Å². The van der Waals surface area contributed by atoms with Crippen molar-refractivity contribution in [2.24, 2.45) is 0 Å². The van der Waals surface area contributed by atoms with E-state index in [1.807, 2.05) is 19.1 Å². The molecule has 1 atom stereocenters. The topological polar surface area (TPSA) is 126 Å². The summed E-state index contributed by atoms with van der Waals surface area (Å²) < 4.78 is 31.2. The minimum Gasteiger partial charge on any atom is -0.476 e. The number of ether oxygens (including phenoxy) is 1. The van der Waals surface area contributed by atoms with Gasteiger partial charge in [-0.05, 0) is 54.4 Å². The molecule has 8 nitrogen and oxygen atoms in total. The molecule has 3 N–H and O–H groups in total. The monoisotopic (exact) mass is 526 g/mol. The molecule has 0 aliphatic rings. The normalized spacial score (nSPS) is 12.4. The molecule has 36 heavy (non-hydrogen) atoms. The Morgan fingerprint density at radius 1 is 1.03 bits per heavy atom. The molecule has 0 saturated heterocycles. The zero-order valence-electron chi connectivity index (χ0n) is 19.8. The van der Waals surface area contributed by atoms with Gasteiger partial charge in [-0.1, -0.05) is 48.1 Å². The van der Waals surface area contributed by atoms with Crippen molar-refractivity contribution in [3.8, 4) is 5.75 Å². The molecule has 0 spiro atoms. The lowest BCUT2D eigenvalue weighted by atomic mass is 10.1. The molecule has 1 heterocycles. The first kappa shape index (κ1) is 25.8. The lowest BCUT2D eigenvalue weighted by Gasteiger charge is -2.19. The van der Waals surface area contributed by atoms with Gasteiger partial charge in [-0.15, -0.1) is 0 Å². The van der Waals surface area contributed by atoms with Crippen molar-refractivity contribution in [2.45, 2.75) is 38.1 Å². The maximum absolute atomic E-state index is 13.4. The summed E-state index contributed by atoms with van der Waals surface area (Å²) in [5, 5.41) is 22.2. The Bertz CT molecular complexity index is 1440.